The molecule has 0 spiro atoms. The molecule has 2 aromatic rings. The van der Waals surface area contributed by atoms with Crippen molar-refractivity contribution in [3.8, 4) is 11.1 Å². The molecule has 0 atom stereocenters. The predicted octanol–water partition coefficient (Wildman–Crippen LogP) is 4.32. The van der Waals surface area contributed by atoms with Crippen LogP contribution in [-0.4, -0.2) is 29.8 Å². The van der Waals surface area contributed by atoms with Crippen LogP contribution in [0.2, 0.25) is 0 Å². The number of benzene rings is 2. The molecular weight excluding hydrogens is 338 g/mol. The minimum Gasteiger partial charge on any atom is -0.339 e. The van der Waals surface area contributed by atoms with Crippen LogP contribution in [-0.2, 0) is 0 Å². The third-order valence-corrected chi connectivity index (χ3v) is 3.96. The number of nitrogens with zero attached hydrogens (tertiary/aromatic N) is 1. The molecule has 0 saturated carbocycles. The van der Waals surface area contributed by atoms with Crippen molar-refractivity contribution in [2.75, 3.05) is 13.1 Å². The summed E-state index contributed by atoms with van der Waals surface area (Å²) < 4.78 is 27.4. The second kappa shape index (κ2) is 8.56. The predicted molar refractivity (Wildman–Crippen MR) is 95.7 cm³/mol. The molecule has 0 saturated heterocycles. The van der Waals surface area contributed by atoms with Gasteiger partial charge in [-0.25, -0.2) is 8.78 Å². The highest BCUT2D eigenvalue weighted by Crippen LogP contribution is 2.30. The number of halogens is 2. The van der Waals surface area contributed by atoms with Crippen molar-refractivity contribution in [2.45, 2.75) is 26.7 Å². The number of hydrogen-bond donors (Lipinski definition) is 0. The zero-order chi connectivity index (χ0) is 19.3. The molecule has 6 heteroatoms. The Bertz CT molecular complexity index is 795. The van der Waals surface area contributed by atoms with Gasteiger partial charge in [-0.05, 0) is 42.7 Å². The molecule has 0 aliphatic heterocycles. The first-order valence-electron chi connectivity index (χ1n) is 8.53. The Morgan fingerprint density at radius 1 is 0.962 bits per heavy atom. The van der Waals surface area contributed by atoms with Crippen LogP contribution in [0, 0.1) is 11.6 Å². The molecular formula is C20H21F2N2O2. The molecule has 1 N–H and O–H groups in total. The van der Waals surface area contributed by atoms with E-state index in [0.717, 1.165) is 31.0 Å². The largest absolute Gasteiger partial charge is 0.339 e. The SMILES string of the molecule is CCCN(CCC)C(=O)c1cccc(C([NH])=O)c1-c1cc(F)cc(F)c1. The number of amides is 2. The van der Waals surface area contributed by atoms with Gasteiger partial charge in [-0.1, -0.05) is 19.9 Å². The van der Waals surface area contributed by atoms with Gasteiger partial charge in [0.05, 0.1) is 0 Å². The van der Waals surface area contributed by atoms with E-state index in [-0.39, 0.29) is 28.2 Å². The molecule has 0 fully saturated rings. The Labute approximate surface area is 151 Å². The quantitative estimate of drug-likeness (QED) is 0.739. The zero-order valence-electron chi connectivity index (χ0n) is 14.8. The van der Waals surface area contributed by atoms with E-state index in [1.54, 1.807) is 4.90 Å². The lowest BCUT2D eigenvalue weighted by atomic mass is 9.93. The van der Waals surface area contributed by atoms with Gasteiger partial charge in [-0.15, -0.1) is 0 Å². The van der Waals surface area contributed by atoms with Gasteiger partial charge in [0.1, 0.15) is 11.6 Å². The average molecular weight is 359 g/mol. The first kappa shape index (κ1) is 19.6. The second-order valence-electron chi connectivity index (χ2n) is 6.01. The van der Waals surface area contributed by atoms with Crippen LogP contribution in [0.5, 0.6) is 0 Å². The highest BCUT2D eigenvalue weighted by Gasteiger charge is 2.23. The molecule has 0 unspecified atom stereocenters. The van der Waals surface area contributed by atoms with E-state index >= 15 is 0 Å². The summed E-state index contributed by atoms with van der Waals surface area (Å²) in [6.45, 7) is 4.95. The lowest BCUT2D eigenvalue weighted by Gasteiger charge is -2.23. The van der Waals surface area contributed by atoms with Gasteiger partial charge in [-0.3, -0.25) is 15.3 Å². The van der Waals surface area contributed by atoms with Gasteiger partial charge in [0.2, 0.25) is 0 Å². The van der Waals surface area contributed by atoms with Crippen LogP contribution in [0.3, 0.4) is 0 Å². The summed E-state index contributed by atoms with van der Waals surface area (Å²) in [5.41, 5.74) is 7.73. The molecule has 0 bridgehead atoms. The number of hydrogen-bond acceptors (Lipinski definition) is 2. The molecule has 137 valence electrons. The number of rotatable bonds is 7. The van der Waals surface area contributed by atoms with Crippen molar-refractivity contribution in [1.82, 2.24) is 10.6 Å². The lowest BCUT2D eigenvalue weighted by molar-refractivity contribution is 0.0756. The molecule has 2 aromatic carbocycles. The van der Waals surface area contributed by atoms with Crippen LogP contribution < -0.4 is 5.73 Å². The minimum absolute atomic E-state index is 0.0613. The van der Waals surface area contributed by atoms with E-state index in [0.29, 0.717) is 13.1 Å². The average Bonchev–Trinajstić information content (AvgIpc) is 2.59. The molecule has 0 aliphatic carbocycles. The van der Waals surface area contributed by atoms with Gasteiger partial charge in [0.15, 0.2) is 0 Å². The number of nitrogens with one attached hydrogen (secondary N) is 1. The minimum atomic E-state index is -1.02. The second-order valence-corrected chi connectivity index (χ2v) is 6.01. The molecule has 2 amide bonds. The van der Waals surface area contributed by atoms with E-state index in [2.05, 4.69) is 0 Å². The fourth-order valence-electron chi connectivity index (χ4n) is 2.95. The Kier molecular flexibility index (Phi) is 6.44. The van der Waals surface area contributed by atoms with E-state index in [4.69, 9.17) is 5.73 Å². The van der Waals surface area contributed by atoms with Crippen LogP contribution in [0.15, 0.2) is 36.4 Å². The summed E-state index contributed by atoms with van der Waals surface area (Å²) in [5.74, 6) is -2.97. The Hall–Kier alpha value is -2.76. The number of carbonyl (C=O) groups excluding carboxylic acids is 2. The van der Waals surface area contributed by atoms with E-state index in [1.165, 1.54) is 18.2 Å². The van der Waals surface area contributed by atoms with Crippen LogP contribution in [0.1, 0.15) is 47.4 Å². The topological polar surface area (TPSA) is 61.2 Å². The molecule has 26 heavy (non-hydrogen) atoms. The lowest BCUT2D eigenvalue weighted by Crippen LogP contribution is -2.33. The summed E-state index contributed by atoms with van der Waals surface area (Å²) in [5, 5.41) is 0. The van der Waals surface area contributed by atoms with Crippen LogP contribution >= 0.6 is 0 Å². The summed E-state index contributed by atoms with van der Waals surface area (Å²) in [6.07, 6.45) is 1.51. The van der Waals surface area contributed by atoms with Crippen molar-refractivity contribution in [2.24, 2.45) is 0 Å². The molecule has 1 radical (unpaired) electrons. The van der Waals surface area contributed by atoms with Gasteiger partial charge in [-0.2, -0.15) is 0 Å². The zero-order valence-corrected chi connectivity index (χ0v) is 14.8. The highest BCUT2D eigenvalue weighted by molar-refractivity contribution is 6.08. The summed E-state index contributed by atoms with van der Waals surface area (Å²) in [6, 6.07) is 7.25. The Balaban J connectivity index is 2.68. The molecule has 4 nitrogen and oxygen atoms in total. The highest BCUT2D eigenvalue weighted by atomic mass is 19.1. The maximum absolute atomic E-state index is 13.7. The standard InChI is InChI=1S/C20H21F2N2O2/c1-3-8-24(9-4-2)20(26)17-7-5-6-16(19(23)25)18(17)13-10-14(21)12-15(22)11-13/h5-7,10-12,23H,3-4,8-9H2,1-2H3. The third kappa shape index (κ3) is 4.25. The summed E-state index contributed by atoms with van der Waals surface area (Å²) >= 11 is 0. The van der Waals surface area contributed by atoms with Gasteiger partial charge >= 0.3 is 0 Å². The maximum atomic E-state index is 13.7. The first-order valence-corrected chi connectivity index (χ1v) is 8.53. The summed E-state index contributed by atoms with van der Waals surface area (Å²) in [7, 11) is 0. The normalized spacial score (nSPS) is 10.6. The molecule has 2 rings (SSSR count). The molecule has 0 aliphatic rings. The van der Waals surface area contributed by atoms with Gasteiger partial charge in [0, 0.05) is 35.8 Å². The molecule has 0 heterocycles. The fourth-order valence-corrected chi connectivity index (χ4v) is 2.95. The van der Waals surface area contributed by atoms with Crippen LogP contribution in [0.4, 0.5) is 8.78 Å². The van der Waals surface area contributed by atoms with Crippen LogP contribution in [0.25, 0.3) is 11.1 Å². The monoisotopic (exact) mass is 359 g/mol. The third-order valence-electron chi connectivity index (χ3n) is 3.96. The van der Waals surface area contributed by atoms with Crippen molar-refractivity contribution >= 4 is 11.8 Å². The van der Waals surface area contributed by atoms with E-state index in [9.17, 15) is 18.4 Å². The molecule has 0 aromatic heterocycles. The van der Waals surface area contributed by atoms with E-state index < -0.39 is 17.5 Å². The number of carbonyl (C=O) groups is 2. The van der Waals surface area contributed by atoms with Gasteiger partial charge in [0.25, 0.3) is 11.8 Å². The Morgan fingerprint density at radius 2 is 1.50 bits per heavy atom. The first-order chi connectivity index (χ1) is 12.4. The van der Waals surface area contributed by atoms with Crippen molar-refractivity contribution < 1.29 is 18.4 Å². The van der Waals surface area contributed by atoms with Crippen molar-refractivity contribution in [1.29, 1.82) is 0 Å². The maximum Gasteiger partial charge on any atom is 0.270 e. The summed E-state index contributed by atoms with van der Waals surface area (Å²) in [4.78, 5) is 26.4. The van der Waals surface area contributed by atoms with E-state index in [1.807, 2.05) is 13.8 Å². The van der Waals surface area contributed by atoms with Crippen molar-refractivity contribution in [3.63, 3.8) is 0 Å². The smallest absolute Gasteiger partial charge is 0.270 e. The fraction of sp³-hybridized carbons (Fsp3) is 0.300. The van der Waals surface area contributed by atoms with Crippen molar-refractivity contribution in [3.05, 3.63) is 59.2 Å². The Morgan fingerprint density at radius 3 is 2.00 bits per heavy atom. The van der Waals surface area contributed by atoms with Gasteiger partial charge < -0.3 is 4.90 Å².